The van der Waals surface area contributed by atoms with E-state index in [2.05, 4.69) is 13.8 Å². The third kappa shape index (κ3) is 3.20. The van der Waals surface area contributed by atoms with E-state index in [0.29, 0.717) is 5.92 Å². The molecule has 0 nitrogen and oxygen atoms in total. The van der Waals surface area contributed by atoms with Crippen LogP contribution in [0.2, 0.25) is 0 Å². The van der Waals surface area contributed by atoms with Gasteiger partial charge in [0.1, 0.15) is 5.82 Å². The highest BCUT2D eigenvalue weighted by Crippen LogP contribution is 2.32. The van der Waals surface area contributed by atoms with Crippen LogP contribution in [0.5, 0.6) is 0 Å². The van der Waals surface area contributed by atoms with E-state index in [0.717, 1.165) is 23.1 Å². The summed E-state index contributed by atoms with van der Waals surface area (Å²) in [6, 6.07) is 3.11. The Morgan fingerprint density at radius 3 is 2.07 bits per heavy atom. The predicted molar refractivity (Wildman–Crippen MR) is 63.9 cm³/mol. The van der Waals surface area contributed by atoms with Crippen LogP contribution in [0.15, 0.2) is 12.1 Å². The molecule has 15 heavy (non-hydrogen) atoms. The van der Waals surface area contributed by atoms with Crippen molar-refractivity contribution in [1.82, 2.24) is 0 Å². The molecule has 0 saturated heterocycles. The molecule has 0 N–H and O–H groups in total. The maximum Gasteiger partial charge on any atom is 0.123 e. The van der Waals surface area contributed by atoms with Gasteiger partial charge in [-0.05, 0) is 55.0 Å². The molecule has 0 aliphatic heterocycles. The highest BCUT2D eigenvalue weighted by atomic mass is 35.5. The van der Waals surface area contributed by atoms with Gasteiger partial charge in [-0.3, -0.25) is 0 Å². The van der Waals surface area contributed by atoms with Crippen LogP contribution in [-0.4, -0.2) is 0 Å². The van der Waals surface area contributed by atoms with Gasteiger partial charge in [0.15, 0.2) is 0 Å². The van der Waals surface area contributed by atoms with Crippen LogP contribution in [0.1, 0.15) is 42.3 Å². The molecule has 84 valence electrons. The average molecular weight is 229 g/mol. The summed E-state index contributed by atoms with van der Waals surface area (Å²) < 4.78 is 13.1. The molecule has 0 aromatic heterocycles. The van der Waals surface area contributed by atoms with Gasteiger partial charge in [0.05, 0.1) is 5.38 Å². The molecule has 1 rings (SSSR count). The second-order valence-electron chi connectivity index (χ2n) is 4.55. The van der Waals surface area contributed by atoms with E-state index in [1.54, 1.807) is 12.1 Å². The number of benzene rings is 1. The summed E-state index contributed by atoms with van der Waals surface area (Å²) in [7, 11) is 0. The number of alkyl halides is 1. The lowest BCUT2D eigenvalue weighted by Gasteiger charge is -2.17. The van der Waals surface area contributed by atoms with Crippen molar-refractivity contribution in [3.8, 4) is 0 Å². The van der Waals surface area contributed by atoms with Crippen LogP contribution in [0, 0.1) is 25.6 Å². The third-order valence-corrected chi connectivity index (χ3v) is 2.95. The summed E-state index contributed by atoms with van der Waals surface area (Å²) in [4.78, 5) is 0. The Hall–Kier alpha value is -0.560. The summed E-state index contributed by atoms with van der Waals surface area (Å²) in [6.07, 6.45) is 0.925. The average Bonchev–Trinajstić information content (AvgIpc) is 1.99. The molecule has 0 aliphatic rings. The van der Waals surface area contributed by atoms with Crippen molar-refractivity contribution in [2.45, 2.75) is 39.5 Å². The van der Waals surface area contributed by atoms with Crippen LogP contribution >= 0.6 is 11.6 Å². The molecule has 1 aromatic rings. The number of rotatable bonds is 3. The molecule has 2 heteroatoms. The van der Waals surface area contributed by atoms with E-state index in [9.17, 15) is 4.39 Å². The summed E-state index contributed by atoms with van der Waals surface area (Å²) in [6.45, 7) is 8.12. The van der Waals surface area contributed by atoms with Crippen molar-refractivity contribution in [2.75, 3.05) is 0 Å². The topological polar surface area (TPSA) is 0 Å². The molecule has 0 radical (unpaired) electrons. The summed E-state index contributed by atoms with van der Waals surface area (Å²) in [5, 5.41) is -0.00870. The third-order valence-electron chi connectivity index (χ3n) is 2.55. The monoisotopic (exact) mass is 228 g/mol. The molecule has 1 atom stereocenters. The lowest BCUT2D eigenvalue weighted by molar-refractivity contribution is 0.570. The minimum Gasteiger partial charge on any atom is -0.207 e. The molecule has 0 saturated carbocycles. The van der Waals surface area contributed by atoms with Crippen LogP contribution in [-0.2, 0) is 0 Å². The Morgan fingerprint density at radius 2 is 1.67 bits per heavy atom. The molecule has 0 heterocycles. The first-order valence-electron chi connectivity index (χ1n) is 5.32. The van der Waals surface area contributed by atoms with E-state index in [4.69, 9.17) is 11.6 Å². The molecule has 1 aromatic carbocycles. The number of hydrogen-bond acceptors (Lipinski definition) is 0. The van der Waals surface area contributed by atoms with Crippen LogP contribution in [0.3, 0.4) is 0 Å². The van der Waals surface area contributed by atoms with E-state index < -0.39 is 0 Å². The van der Waals surface area contributed by atoms with Gasteiger partial charge in [0.2, 0.25) is 0 Å². The highest BCUT2D eigenvalue weighted by Gasteiger charge is 2.15. The van der Waals surface area contributed by atoms with Crippen molar-refractivity contribution in [2.24, 2.45) is 5.92 Å². The lowest BCUT2D eigenvalue weighted by atomic mass is 9.94. The van der Waals surface area contributed by atoms with E-state index in [1.807, 2.05) is 13.8 Å². The van der Waals surface area contributed by atoms with Crippen molar-refractivity contribution < 1.29 is 4.39 Å². The van der Waals surface area contributed by atoms with Crippen molar-refractivity contribution in [3.63, 3.8) is 0 Å². The van der Waals surface area contributed by atoms with Gasteiger partial charge in [-0.2, -0.15) is 0 Å². The smallest absolute Gasteiger partial charge is 0.123 e. The maximum atomic E-state index is 13.1. The Labute approximate surface area is 96.5 Å². The molecule has 0 fully saturated rings. The quantitative estimate of drug-likeness (QED) is 0.654. The van der Waals surface area contributed by atoms with Crippen molar-refractivity contribution in [3.05, 3.63) is 34.6 Å². The van der Waals surface area contributed by atoms with Gasteiger partial charge in [-0.25, -0.2) is 4.39 Å². The van der Waals surface area contributed by atoms with Gasteiger partial charge >= 0.3 is 0 Å². The Kier molecular flexibility index (Phi) is 4.15. The van der Waals surface area contributed by atoms with E-state index >= 15 is 0 Å². The molecule has 1 unspecified atom stereocenters. The Bertz CT molecular complexity index is 321. The zero-order valence-electron chi connectivity index (χ0n) is 9.77. The van der Waals surface area contributed by atoms with Crippen LogP contribution in [0.4, 0.5) is 4.39 Å². The van der Waals surface area contributed by atoms with Gasteiger partial charge in [-0.15, -0.1) is 11.6 Å². The Morgan fingerprint density at radius 1 is 1.20 bits per heavy atom. The van der Waals surface area contributed by atoms with Gasteiger partial charge in [0.25, 0.3) is 0 Å². The molecule has 0 amide bonds. The molecule has 0 aliphatic carbocycles. The Balaban J connectivity index is 3.03. The summed E-state index contributed by atoms with van der Waals surface area (Å²) in [5.74, 6) is 0.374. The fraction of sp³-hybridized carbons (Fsp3) is 0.538. The predicted octanol–water partition coefficient (Wildman–Crippen LogP) is 4.77. The molecule has 0 spiro atoms. The summed E-state index contributed by atoms with van der Waals surface area (Å²) in [5.41, 5.74) is 2.99. The fourth-order valence-electron chi connectivity index (χ4n) is 1.95. The number of halogens is 2. The zero-order valence-corrected chi connectivity index (χ0v) is 10.5. The highest BCUT2D eigenvalue weighted by molar-refractivity contribution is 6.21. The maximum absolute atomic E-state index is 13.1. The normalized spacial score (nSPS) is 13.3. The standard InChI is InChI=1S/C13H18ClF/c1-8(2)5-12(14)13-9(3)6-11(15)7-10(13)4/h6-8,12H,5H2,1-4H3. The second kappa shape index (κ2) is 4.98. The number of aryl methyl sites for hydroxylation is 2. The van der Waals surface area contributed by atoms with Crippen LogP contribution in [0.25, 0.3) is 0 Å². The zero-order chi connectivity index (χ0) is 11.6. The first kappa shape index (κ1) is 12.5. The minimum absolute atomic E-state index is 0.00870. The van der Waals surface area contributed by atoms with Gasteiger partial charge in [0, 0.05) is 0 Å². The van der Waals surface area contributed by atoms with Gasteiger partial charge in [-0.1, -0.05) is 13.8 Å². The minimum atomic E-state index is -0.179. The van der Waals surface area contributed by atoms with Gasteiger partial charge < -0.3 is 0 Å². The lowest BCUT2D eigenvalue weighted by Crippen LogP contribution is -2.02. The van der Waals surface area contributed by atoms with E-state index in [-0.39, 0.29) is 11.2 Å². The molecule has 0 bridgehead atoms. The van der Waals surface area contributed by atoms with Crippen LogP contribution < -0.4 is 0 Å². The van der Waals surface area contributed by atoms with Crippen molar-refractivity contribution in [1.29, 1.82) is 0 Å². The molecular formula is C13H18ClF. The van der Waals surface area contributed by atoms with E-state index in [1.165, 1.54) is 0 Å². The van der Waals surface area contributed by atoms with Crippen molar-refractivity contribution >= 4 is 11.6 Å². The number of hydrogen-bond donors (Lipinski definition) is 0. The fourth-order valence-corrected chi connectivity index (χ4v) is 2.65. The summed E-state index contributed by atoms with van der Waals surface area (Å²) >= 11 is 6.34. The molecular weight excluding hydrogens is 211 g/mol. The largest absolute Gasteiger partial charge is 0.207 e. The SMILES string of the molecule is Cc1cc(F)cc(C)c1C(Cl)CC(C)C. The first-order valence-corrected chi connectivity index (χ1v) is 5.76. The first-order chi connectivity index (χ1) is 6.91. The second-order valence-corrected chi connectivity index (χ2v) is 5.08.